The van der Waals surface area contributed by atoms with Gasteiger partial charge in [0.05, 0.1) is 19.3 Å². The summed E-state index contributed by atoms with van der Waals surface area (Å²) in [5.74, 6) is 0.653. The second-order valence-corrected chi connectivity index (χ2v) is 6.87. The van der Waals surface area contributed by atoms with Crippen molar-refractivity contribution in [3.8, 4) is 0 Å². The summed E-state index contributed by atoms with van der Waals surface area (Å²) in [6.07, 6.45) is 2.31. The van der Waals surface area contributed by atoms with Gasteiger partial charge in [-0.2, -0.15) is 0 Å². The summed E-state index contributed by atoms with van der Waals surface area (Å²) in [5.41, 5.74) is 0.385. The lowest BCUT2D eigenvalue weighted by molar-refractivity contribution is -0.0596. The minimum absolute atomic E-state index is 0.112. The standard InChI is InChI=1S/C14H25NO2/c1-13(2)10-4-5-14(13,3)12(16)11(10)15-6-8-17-9-7-15/h10-12,16H,4-9H2,1-3H3/t10?,11-,12-,14?/m1/s1. The second-order valence-electron chi connectivity index (χ2n) is 6.87. The summed E-state index contributed by atoms with van der Waals surface area (Å²) in [5, 5.41) is 10.7. The fourth-order valence-electron chi connectivity index (χ4n) is 4.62. The van der Waals surface area contributed by atoms with Crippen LogP contribution in [0.3, 0.4) is 0 Å². The fourth-order valence-corrected chi connectivity index (χ4v) is 4.62. The summed E-state index contributed by atoms with van der Waals surface area (Å²) < 4.78 is 5.43. The van der Waals surface area contributed by atoms with Crippen LogP contribution in [-0.4, -0.2) is 48.5 Å². The van der Waals surface area contributed by atoms with Crippen LogP contribution in [0.4, 0.5) is 0 Å². The van der Waals surface area contributed by atoms with Crippen molar-refractivity contribution in [1.82, 2.24) is 4.90 Å². The molecule has 1 saturated heterocycles. The molecule has 0 amide bonds. The number of morpholine rings is 1. The first-order chi connectivity index (χ1) is 7.98. The van der Waals surface area contributed by atoms with Crippen LogP contribution >= 0.6 is 0 Å². The number of hydrogen-bond donors (Lipinski definition) is 1. The average molecular weight is 239 g/mol. The Morgan fingerprint density at radius 3 is 2.35 bits per heavy atom. The highest BCUT2D eigenvalue weighted by molar-refractivity contribution is 5.17. The molecule has 2 unspecified atom stereocenters. The van der Waals surface area contributed by atoms with E-state index in [0.717, 1.165) is 26.3 Å². The van der Waals surface area contributed by atoms with E-state index in [4.69, 9.17) is 4.74 Å². The quantitative estimate of drug-likeness (QED) is 0.753. The van der Waals surface area contributed by atoms with Gasteiger partial charge in [-0.15, -0.1) is 0 Å². The van der Waals surface area contributed by atoms with E-state index in [1.807, 2.05) is 0 Å². The maximum atomic E-state index is 10.7. The number of fused-ring (bicyclic) bond motifs is 2. The van der Waals surface area contributed by atoms with E-state index >= 15 is 0 Å². The molecule has 0 aromatic rings. The van der Waals surface area contributed by atoms with Gasteiger partial charge in [0.15, 0.2) is 0 Å². The Labute approximate surface area is 104 Å². The number of aliphatic hydroxyl groups is 1. The molecular weight excluding hydrogens is 214 g/mol. The largest absolute Gasteiger partial charge is 0.391 e. The summed E-state index contributed by atoms with van der Waals surface area (Å²) in [6, 6.07) is 0.368. The van der Waals surface area contributed by atoms with Gasteiger partial charge in [0, 0.05) is 24.5 Å². The summed E-state index contributed by atoms with van der Waals surface area (Å²) in [7, 11) is 0. The Hall–Kier alpha value is -0.120. The number of ether oxygens (including phenoxy) is 1. The van der Waals surface area contributed by atoms with Gasteiger partial charge in [-0.25, -0.2) is 0 Å². The van der Waals surface area contributed by atoms with Gasteiger partial charge in [0.2, 0.25) is 0 Å². The average Bonchev–Trinajstić information content (AvgIpc) is 2.62. The molecular formula is C14H25NO2. The van der Waals surface area contributed by atoms with Crippen LogP contribution in [0.15, 0.2) is 0 Å². The lowest BCUT2D eigenvalue weighted by atomic mass is 9.70. The number of aliphatic hydroxyl groups excluding tert-OH is 1. The normalized spacial score (nSPS) is 49.8. The third-order valence-corrected chi connectivity index (χ3v) is 6.23. The Bertz CT molecular complexity index is 311. The smallest absolute Gasteiger partial charge is 0.0756 e. The predicted octanol–water partition coefficient (Wildman–Crippen LogP) is 1.50. The number of hydrogen-bond acceptors (Lipinski definition) is 3. The van der Waals surface area contributed by atoms with Gasteiger partial charge in [-0.3, -0.25) is 4.90 Å². The molecule has 3 aliphatic rings. The highest BCUT2D eigenvalue weighted by Gasteiger charge is 2.66. The molecule has 0 radical (unpaired) electrons. The molecule has 3 rings (SSSR count). The molecule has 4 atom stereocenters. The topological polar surface area (TPSA) is 32.7 Å². The van der Waals surface area contributed by atoms with E-state index in [2.05, 4.69) is 25.7 Å². The molecule has 2 saturated carbocycles. The predicted molar refractivity (Wildman–Crippen MR) is 66.8 cm³/mol. The first kappa shape index (κ1) is 11.9. The van der Waals surface area contributed by atoms with Gasteiger partial charge in [-0.05, 0) is 24.2 Å². The summed E-state index contributed by atoms with van der Waals surface area (Å²) in [6.45, 7) is 10.6. The molecule has 1 aliphatic heterocycles. The Balaban J connectivity index is 1.88. The third-order valence-electron chi connectivity index (χ3n) is 6.23. The van der Waals surface area contributed by atoms with E-state index in [-0.39, 0.29) is 16.9 Å². The van der Waals surface area contributed by atoms with Crippen LogP contribution in [-0.2, 0) is 4.74 Å². The Morgan fingerprint density at radius 2 is 1.82 bits per heavy atom. The number of nitrogens with zero attached hydrogens (tertiary/aromatic N) is 1. The van der Waals surface area contributed by atoms with Crippen molar-refractivity contribution in [3.05, 3.63) is 0 Å². The molecule has 17 heavy (non-hydrogen) atoms. The van der Waals surface area contributed by atoms with Crippen molar-refractivity contribution in [1.29, 1.82) is 0 Å². The SMILES string of the molecule is CC1(C)C2CCC1(C)[C@H](O)[C@@H]2N1CCOCC1. The highest BCUT2D eigenvalue weighted by atomic mass is 16.5. The Kier molecular flexibility index (Phi) is 2.59. The van der Waals surface area contributed by atoms with Crippen LogP contribution in [0.25, 0.3) is 0 Å². The number of rotatable bonds is 1. The zero-order valence-electron chi connectivity index (χ0n) is 11.3. The molecule has 2 bridgehead atoms. The second kappa shape index (κ2) is 3.69. The first-order valence-electron chi connectivity index (χ1n) is 6.98. The zero-order valence-corrected chi connectivity index (χ0v) is 11.3. The van der Waals surface area contributed by atoms with Crippen molar-refractivity contribution in [2.45, 2.75) is 45.8 Å². The van der Waals surface area contributed by atoms with Crippen LogP contribution in [0.5, 0.6) is 0 Å². The van der Waals surface area contributed by atoms with Crippen LogP contribution in [0.1, 0.15) is 33.6 Å². The van der Waals surface area contributed by atoms with Gasteiger partial charge < -0.3 is 9.84 Å². The molecule has 1 N–H and O–H groups in total. The minimum atomic E-state index is -0.158. The van der Waals surface area contributed by atoms with E-state index < -0.39 is 0 Å². The molecule has 0 spiro atoms. The molecule has 3 fully saturated rings. The molecule has 0 aromatic carbocycles. The van der Waals surface area contributed by atoms with Crippen molar-refractivity contribution in [2.24, 2.45) is 16.7 Å². The van der Waals surface area contributed by atoms with E-state index in [1.165, 1.54) is 12.8 Å². The lowest BCUT2D eigenvalue weighted by Gasteiger charge is -2.41. The van der Waals surface area contributed by atoms with Crippen molar-refractivity contribution in [3.63, 3.8) is 0 Å². The minimum Gasteiger partial charge on any atom is -0.391 e. The highest BCUT2D eigenvalue weighted by Crippen LogP contribution is 2.66. The van der Waals surface area contributed by atoms with E-state index in [1.54, 1.807) is 0 Å². The molecule has 3 nitrogen and oxygen atoms in total. The Morgan fingerprint density at radius 1 is 1.18 bits per heavy atom. The zero-order chi connectivity index (χ0) is 12.3. The third kappa shape index (κ3) is 1.39. The molecule has 1 heterocycles. The fraction of sp³-hybridized carbons (Fsp3) is 1.00. The lowest BCUT2D eigenvalue weighted by Crippen LogP contribution is -2.53. The van der Waals surface area contributed by atoms with Crippen molar-refractivity contribution < 1.29 is 9.84 Å². The van der Waals surface area contributed by atoms with Crippen molar-refractivity contribution >= 4 is 0 Å². The van der Waals surface area contributed by atoms with E-state index in [9.17, 15) is 5.11 Å². The summed E-state index contributed by atoms with van der Waals surface area (Å²) in [4.78, 5) is 2.48. The monoisotopic (exact) mass is 239 g/mol. The van der Waals surface area contributed by atoms with E-state index in [0.29, 0.717) is 12.0 Å². The molecule has 0 aromatic heterocycles. The molecule has 2 aliphatic carbocycles. The van der Waals surface area contributed by atoms with Crippen LogP contribution in [0.2, 0.25) is 0 Å². The van der Waals surface area contributed by atoms with Crippen LogP contribution < -0.4 is 0 Å². The van der Waals surface area contributed by atoms with Gasteiger partial charge in [0.25, 0.3) is 0 Å². The van der Waals surface area contributed by atoms with Crippen molar-refractivity contribution in [2.75, 3.05) is 26.3 Å². The maximum Gasteiger partial charge on any atom is 0.0756 e. The van der Waals surface area contributed by atoms with Gasteiger partial charge in [-0.1, -0.05) is 20.8 Å². The van der Waals surface area contributed by atoms with Gasteiger partial charge in [0.1, 0.15) is 0 Å². The molecule has 98 valence electrons. The first-order valence-corrected chi connectivity index (χ1v) is 6.98. The molecule has 3 heteroatoms. The summed E-state index contributed by atoms with van der Waals surface area (Å²) >= 11 is 0. The van der Waals surface area contributed by atoms with Gasteiger partial charge >= 0.3 is 0 Å². The van der Waals surface area contributed by atoms with Crippen LogP contribution in [0, 0.1) is 16.7 Å². The maximum absolute atomic E-state index is 10.7.